The molecule has 0 saturated carbocycles. The van der Waals surface area contributed by atoms with E-state index >= 15 is 0 Å². The lowest BCUT2D eigenvalue weighted by Crippen LogP contribution is -2.13. The minimum atomic E-state index is -0.538. The molecule has 5 aromatic rings. The van der Waals surface area contributed by atoms with E-state index in [0.29, 0.717) is 51.8 Å². The first kappa shape index (κ1) is 31.5. The van der Waals surface area contributed by atoms with E-state index in [-0.39, 0.29) is 12.2 Å². The first-order valence-electron chi connectivity index (χ1n) is 14.3. The van der Waals surface area contributed by atoms with E-state index in [1.807, 2.05) is 25.1 Å². The second-order valence-electron chi connectivity index (χ2n) is 10.2. The Morgan fingerprint density at radius 2 is 1.67 bits per heavy atom. The fourth-order valence-corrected chi connectivity index (χ4v) is 5.20. The first-order chi connectivity index (χ1) is 21.8. The molecule has 6 nitrogen and oxygen atoms in total. The van der Waals surface area contributed by atoms with Gasteiger partial charge in [-0.25, -0.2) is 0 Å². The van der Waals surface area contributed by atoms with Gasteiger partial charge >= 0.3 is 0 Å². The molecule has 0 aliphatic heterocycles. The topological polar surface area (TPSA) is 80.6 Å². The van der Waals surface area contributed by atoms with Crippen LogP contribution in [0, 0.1) is 18.3 Å². The molecule has 226 valence electrons. The van der Waals surface area contributed by atoms with Gasteiger partial charge in [-0.2, -0.15) is 5.26 Å². The third kappa shape index (κ3) is 7.96. The standard InChI is InChI=1S/C37H30Cl2N2O4/c1-3-43-36-19-25(9-17-35(36)45-23-33-24(2)8-10-26-6-4-5-7-32(26)33)18-28(21-40)37(42)41-30-13-15-31(16-14-30)44-22-27-11-12-29(38)20-34(27)39/h4-20H,3,22-23H2,1-2H3,(H,41,42)/b28-18+. The van der Waals surface area contributed by atoms with Crippen LogP contribution in [0.4, 0.5) is 5.69 Å². The number of rotatable bonds is 11. The molecule has 5 aromatic carbocycles. The Morgan fingerprint density at radius 3 is 2.42 bits per heavy atom. The minimum Gasteiger partial charge on any atom is -0.490 e. The summed E-state index contributed by atoms with van der Waals surface area (Å²) in [4.78, 5) is 13.0. The number of amides is 1. The number of aryl methyl sites for hydroxylation is 1. The van der Waals surface area contributed by atoms with Crippen molar-refractivity contribution in [2.75, 3.05) is 11.9 Å². The van der Waals surface area contributed by atoms with Crippen molar-refractivity contribution in [3.8, 4) is 23.3 Å². The van der Waals surface area contributed by atoms with E-state index in [9.17, 15) is 10.1 Å². The number of nitrogens with zero attached hydrogens (tertiary/aromatic N) is 1. The van der Waals surface area contributed by atoms with Gasteiger partial charge in [-0.3, -0.25) is 4.79 Å². The average Bonchev–Trinajstić information content (AvgIpc) is 3.04. The first-order valence-corrected chi connectivity index (χ1v) is 15.1. The number of ether oxygens (including phenoxy) is 3. The van der Waals surface area contributed by atoms with E-state index in [2.05, 4.69) is 36.5 Å². The molecule has 45 heavy (non-hydrogen) atoms. The SMILES string of the molecule is CCOc1cc(/C=C(\C#N)C(=O)Nc2ccc(OCc3ccc(Cl)cc3Cl)cc2)ccc1OCc1c(C)ccc2ccccc12. The van der Waals surface area contributed by atoms with Gasteiger partial charge in [0.15, 0.2) is 11.5 Å². The summed E-state index contributed by atoms with van der Waals surface area (Å²) in [6, 6.07) is 31.8. The number of nitriles is 1. The Morgan fingerprint density at radius 1 is 0.867 bits per heavy atom. The summed E-state index contributed by atoms with van der Waals surface area (Å²) >= 11 is 12.2. The zero-order valence-electron chi connectivity index (χ0n) is 24.8. The maximum atomic E-state index is 13.0. The summed E-state index contributed by atoms with van der Waals surface area (Å²) in [5, 5.41) is 15.9. The monoisotopic (exact) mass is 636 g/mol. The summed E-state index contributed by atoms with van der Waals surface area (Å²) < 4.78 is 17.9. The smallest absolute Gasteiger partial charge is 0.266 e. The highest BCUT2D eigenvalue weighted by molar-refractivity contribution is 6.35. The van der Waals surface area contributed by atoms with Gasteiger partial charge in [-0.05, 0) is 90.4 Å². The summed E-state index contributed by atoms with van der Waals surface area (Å²) in [7, 11) is 0. The molecule has 0 bridgehead atoms. The molecule has 0 atom stereocenters. The lowest BCUT2D eigenvalue weighted by atomic mass is 10.0. The van der Waals surface area contributed by atoms with Crippen LogP contribution in [0.3, 0.4) is 0 Å². The van der Waals surface area contributed by atoms with E-state index in [4.69, 9.17) is 37.4 Å². The fraction of sp³-hybridized carbons (Fsp3) is 0.135. The lowest BCUT2D eigenvalue weighted by Gasteiger charge is -2.15. The third-order valence-electron chi connectivity index (χ3n) is 7.11. The number of benzene rings is 5. The molecule has 1 amide bonds. The van der Waals surface area contributed by atoms with Crippen molar-refractivity contribution >= 4 is 51.6 Å². The molecule has 0 saturated heterocycles. The highest BCUT2D eigenvalue weighted by Gasteiger charge is 2.13. The number of carbonyl (C=O) groups is 1. The Balaban J connectivity index is 1.25. The van der Waals surface area contributed by atoms with Crippen molar-refractivity contribution in [1.82, 2.24) is 0 Å². The molecule has 0 radical (unpaired) electrons. The van der Waals surface area contributed by atoms with Gasteiger partial charge in [0.1, 0.15) is 30.6 Å². The number of carbonyl (C=O) groups excluding carboxylic acids is 1. The maximum Gasteiger partial charge on any atom is 0.266 e. The predicted molar refractivity (Wildman–Crippen MR) is 180 cm³/mol. The Kier molecular flexibility index (Phi) is 10.3. The van der Waals surface area contributed by atoms with E-state index < -0.39 is 5.91 Å². The van der Waals surface area contributed by atoms with E-state index in [0.717, 1.165) is 27.5 Å². The Labute approximate surface area is 272 Å². The van der Waals surface area contributed by atoms with Crippen LogP contribution < -0.4 is 19.5 Å². The lowest BCUT2D eigenvalue weighted by molar-refractivity contribution is -0.112. The molecule has 0 aliphatic carbocycles. The average molecular weight is 638 g/mol. The zero-order valence-corrected chi connectivity index (χ0v) is 26.3. The van der Waals surface area contributed by atoms with Crippen LogP contribution in [0.5, 0.6) is 17.2 Å². The molecule has 8 heteroatoms. The van der Waals surface area contributed by atoms with Crippen LogP contribution in [0.2, 0.25) is 10.0 Å². The number of nitrogens with one attached hydrogen (secondary N) is 1. The van der Waals surface area contributed by atoms with Crippen molar-refractivity contribution in [2.24, 2.45) is 0 Å². The second kappa shape index (κ2) is 14.7. The van der Waals surface area contributed by atoms with Gasteiger partial charge in [0.25, 0.3) is 5.91 Å². The molecule has 0 heterocycles. The molecule has 1 N–H and O–H groups in total. The van der Waals surface area contributed by atoms with Gasteiger partial charge < -0.3 is 19.5 Å². The Hall–Kier alpha value is -4.96. The van der Waals surface area contributed by atoms with Crippen molar-refractivity contribution < 1.29 is 19.0 Å². The van der Waals surface area contributed by atoms with Crippen molar-refractivity contribution in [1.29, 1.82) is 5.26 Å². The second-order valence-corrected chi connectivity index (χ2v) is 11.0. The number of fused-ring (bicyclic) bond motifs is 1. The van der Waals surface area contributed by atoms with Crippen LogP contribution in [0.15, 0.2) is 103 Å². The Bertz CT molecular complexity index is 1910. The fourth-order valence-electron chi connectivity index (χ4n) is 4.74. The molecule has 0 fully saturated rings. The highest BCUT2D eigenvalue weighted by atomic mass is 35.5. The van der Waals surface area contributed by atoms with Crippen LogP contribution in [-0.4, -0.2) is 12.5 Å². The molecule has 0 spiro atoms. The number of hydrogen-bond donors (Lipinski definition) is 1. The quantitative estimate of drug-likeness (QED) is 0.115. The molecular weight excluding hydrogens is 607 g/mol. The summed E-state index contributed by atoms with van der Waals surface area (Å²) in [5.74, 6) is 1.16. The third-order valence-corrected chi connectivity index (χ3v) is 7.70. The molecule has 0 unspecified atom stereocenters. The largest absolute Gasteiger partial charge is 0.490 e. The summed E-state index contributed by atoms with van der Waals surface area (Å²) in [5.41, 5.74) is 4.13. The van der Waals surface area contributed by atoms with Crippen LogP contribution >= 0.6 is 23.2 Å². The summed E-state index contributed by atoms with van der Waals surface area (Å²) in [6.07, 6.45) is 1.52. The highest BCUT2D eigenvalue weighted by Crippen LogP contribution is 2.32. The van der Waals surface area contributed by atoms with Crippen LogP contribution in [0.25, 0.3) is 16.8 Å². The van der Waals surface area contributed by atoms with E-state index in [1.54, 1.807) is 60.7 Å². The molecule has 0 aliphatic rings. The number of hydrogen-bond acceptors (Lipinski definition) is 5. The predicted octanol–water partition coefficient (Wildman–Crippen LogP) is 9.56. The van der Waals surface area contributed by atoms with Crippen LogP contribution in [0.1, 0.15) is 29.2 Å². The minimum absolute atomic E-state index is 0.0600. The van der Waals surface area contributed by atoms with Gasteiger partial charge in [-0.15, -0.1) is 0 Å². The zero-order chi connectivity index (χ0) is 31.8. The van der Waals surface area contributed by atoms with Gasteiger partial charge in [0.2, 0.25) is 0 Å². The van der Waals surface area contributed by atoms with Gasteiger partial charge in [0.05, 0.1) is 6.61 Å². The van der Waals surface area contributed by atoms with Gasteiger partial charge in [0, 0.05) is 26.9 Å². The molecule has 5 rings (SSSR count). The molecule has 0 aromatic heterocycles. The molecular formula is C37H30Cl2N2O4. The van der Waals surface area contributed by atoms with Crippen molar-refractivity contribution in [2.45, 2.75) is 27.1 Å². The summed E-state index contributed by atoms with van der Waals surface area (Å²) in [6.45, 7) is 5.01. The number of halogens is 2. The maximum absolute atomic E-state index is 13.0. The van der Waals surface area contributed by atoms with Crippen molar-refractivity contribution in [3.63, 3.8) is 0 Å². The van der Waals surface area contributed by atoms with E-state index in [1.165, 1.54) is 6.08 Å². The van der Waals surface area contributed by atoms with Crippen molar-refractivity contribution in [3.05, 3.63) is 135 Å². The normalized spacial score (nSPS) is 11.1. The van der Waals surface area contributed by atoms with Gasteiger partial charge in [-0.1, -0.05) is 71.7 Å². The van der Waals surface area contributed by atoms with Crippen LogP contribution in [-0.2, 0) is 18.0 Å². The number of anilines is 1.